The first-order valence-corrected chi connectivity index (χ1v) is 8.27. The summed E-state index contributed by atoms with van der Waals surface area (Å²) >= 11 is 0. The molecule has 0 aromatic heterocycles. The highest BCUT2D eigenvalue weighted by atomic mass is 19.1. The number of carboxylic acids is 1. The van der Waals surface area contributed by atoms with Crippen LogP contribution in [0.1, 0.15) is 49.0 Å². The largest absolute Gasteiger partial charge is 0.478 e. The van der Waals surface area contributed by atoms with Crippen molar-refractivity contribution in [1.82, 2.24) is 4.90 Å². The molecule has 1 aliphatic heterocycles. The van der Waals surface area contributed by atoms with Gasteiger partial charge in [-0.1, -0.05) is 13.8 Å². The molecule has 0 atom stereocenters. The third-order valence-corrected chi connectivity index (χ3v) is 3.86. The molecule has 0 radical (unpaired) electrons. The fourth-order valence-electron chi connectivity index (χ4n) is 2.78. The van der Waals surface area contributed by atoms with Gasteiger partial charge in [-0.2, -0.15) is 0 Å². The highest BCUT2D eigenvalue weighted by Crippen LogP contribution is 2.30. The van der Waals surface area contributed by atoms with Gasteiger partial charge in [0.25, 0.3) is 0 Å². The number of aromatic carboxylic acids is 1. The van der Waals surface area contributed by atoms with Crippen molar-refractivity contribution in [1.29, 1.82) is 0 Å². The van der Waals surface area contributed by atoms with Gasteiger partial charge in [0.1, 0.15) is 11.7 Å². The molecule has 134 valence electrons. The second-order valence-electron chi connectivity index (χ2n) is 5.94. The van der Waals surface area contributed by atoms with E-state index in [4.69, 9.17) is 10.8 Å². The Morgan fingerprint density at radius 3 is 2.48 bits per heavy atom. The maximum absolute atomic E-state index is 14.0. The maximum Gasteiger partial charge on any atom is 0.338 e. The zero-order chi connectivity index (χ0) is 18.6. The Kier molecular flexibility index (Phi) is 5.90. The summed E-state index contributed by atoms with van der Waals surface area (Å²) in [5.41, 5.74) is 6.43. The molecule has 0 saturated heterocycles. The summed E-state index contributed by atoms with van der Waals surface area (Å²) < 4.78 is 14.0. The minimum absolute atomic E-state index is 0.140. The third-order valence-electron chi connectivity index (χ3n) is 3.86. The summed E-state index contributed by atoms with van der Waals surface area (Å²) in [6, 6.07) is 2.22. The van der Waals surface area contributed by atoms with Gasteiger partial charge in [0.15, 0.2) is 0 Å². The maximum atomic E-state index is 14.0. The van der Waals surface area contributed by atoms with Crippen LogP contribution in [0.5, 0.6) is 0 Å². The standard InChI is InChI=1S/C18H22FN3O3/c1-3-5-22(6-4-2)17(23)12-7-11-8-14(19)13(18(24)25)10-15(11)21-16(20)9-12/h7-8,10H,3-6,9H2,1-2H3,(H2,20,21)(H,24,25). The van der Waals surface area contributed by atoms with E-state index in [0.29, 0.717) is 24.2 Å². The number of hydrogen-bond acceptors (Lipinski definition) is 4. The van der Waals surface area contributed by atoms with Crippen LogP contribution in [0.4, 0.5) is 10.1 Å². The van der Waals surface area contributed by atoms with Gasteiger partial charge >= 0.3 is 5.97 Å². The van der Waals surface area contributed by atoms with Gasteiger partial charge in [0, 0.05) is 30.6 Å². The van der Waals surface area contributed by atoms with E-state index in [2.05, 4.69) is 4.99 Å². The van der Waals surface area contributed by atoms with E-state index >= 15 is 0 Å². The Labute approximate surface area is 145 Å². The van der Waals surface area contributed by atoms with Crippen molar-refractivity contribution in [3.8, 4) is 0 Å². The molecule has 0 unspecified atom stereocenters. The number of hydrogen-bond donors (Lipinski definition) is 2. The lowest BCUT2D eigenvalue weighted by atomic mass is 10.0. The van der Waals surface area contributed by atoms with Gasteiger partial charge in [-0.05, 0) is 31.1 Å². The molecule has 1 aromatic carbocycles. The number of nitrogens with zero attached hydrogens (tertiary/aromatic N) is 2. The van der Waals surface area contributed by atoms with Crippen LogP contribution in [0.15, 0.2) is 22.7 Å². The number of benzene rings is 1. The van der Waals surface area contributed by atoms with Crippen molar-refractivity contribution in [2.24, 2.45) is 10.7 Å². The normalized spacial score (nSPS) is 13.4. The quantitative estimate of drug-likeness (QED) is 0.827. The van der Waals surface area contributed by atoms with Crippen molar-refractivity contribution in [2.45, 2.75) is 33.1 Å². The van der Waals surface area contributed by atoms with Crippen molar-refractivity contribution in [3.05, 3.63) is 34.6 Å². The van der Waals surface area contributed by atoms with Crippen molar-refractivity contribution in [2.75, 3.05) is 13.1 Å². The predicted octanol–water partition coefficient (Wildman–Crippen LogP) is 2.95. The van der Waals surface area contributed by atoms with Crippen LogP contribution in [0, 0.1) is 5.82 Å². The van der Waals surface area contributed by atoms with E-state index in [0.717, 1.165) is 25.0 Å². The van der Waals surface area contributed by atoms with Crippen LogP contribution in [-0.2, 0) is 4.79 Å². The summed E-state index contributed by atoms with van der Waals surface area (Å²) in [7, 11) is 0. The van der Waals surface area contributed by atoms with Gasteiger partial charge in [0.05, 0.1) is 11.3 Å². The Hall–Kier alpha value is -2.70. The van der Waals surface area contributed by atoms with E-state index < -0.39 is 17.3 Å². The van der Waals surface area contributed by atoms with Gasteiger partial charge in [-0.3, -0.25) is 4.79 Å². The second-order valence-corrected chi connectivity index (χ2v) is 5.94. The summed E-state index contributed by atoms with van der Waals surface area (Å²) in [6.07, 6.45) is 3.35. The molecule has 3 N–H and O–H groups in total. The lowest BCUT2D eigenvalue weighted by Crippen LogP contribution is -2.34. The zero-order valence-electron chi connectivity index (χ0n) is 14.4. The van der Waals surface area contributed by atoms with Gasteiger partial charge in [0.2, 0.25) is 5.91 Å². The topological polar surface area (TPSA) is 96.0 Å². The van der Waals surface area contributed by atoms with Crippen LogP contribution in [0.25, 0.3) is 6.08 Å². The molecule has 0 saturated carbocycles. The number of fused-ring (bicyclic) bond motifs is 1. The number of nitrogens with two attached hydrogens (primary N) is 1. The summed E-state index contributed by atoms with van der Waals surface area (Å²) in [5.74, 6) is -2.22. The Bertz CT molecular complexity index is 750. The molecule has 1 heterocycles. The van der Waals surface area contributed by atoms with Crippen LogP contribution in [0.3, 0.4) is 0 Å². The molecule has 0 spiro atoms. The zero-order valence-corrected chi connectivity index (χ0v) is 14.4. The Morgan fingerprint density at radius 1 is 1.28 bits per heavy atom. The highest BCUT2D eigenvalue weighted by Gasteiger charge is 2.22. The van der Waals surface area contributed by atoms with Crippen LogP contribution in [0.2, 0.25) is 0 Å². The van der Waals surface area contributed by atoms with E-state index in [9.17, 15) is 14.0 Å². The summed E-state index contributed by atoms with van der Waals surface area (Å²) in [6.45, 7) is 5.23. The number of rotatable bonds is 6. The molecular weight excluding hydrogens is 325 g/mol. The average Bonchev–Trinajstić information content (AvgIpc) is 2.70. The number of halogens is 1. The smallest absolute Gasteiger partial charge is 0.338 e. The Morgan fingerprint density at radius 2 is 1.92 bits per heavy atom. The van der Waals surface area contributed by atoms with E-state index in [-0.39, 0.29) is 23.9 Å². The molecule has 25 heavy (non-hydrogen) atoms. The monoisotopic (exact) mass is 347 g/mol. The first-order valence-electron chi connectivity index (χ1n) is 8.27. The molecule has 1 amide bonds. The number of carbonyl (C=O) groups excluding carboxylic acids is 1. The van der Waals surface area contributed by atoms with E-state index in [1.165, 1.54) is 0 Å². The van der Waals surface area contributed by atoms with Crippen molar-refractivity contribution < 1.29 is 19.1 Å². The van der Waals surface area contributed by atoms with Crippen LogP contribution >= 0.6 is 0 Å². The number of carboxylic acid groups (broad SMARTS) is 1. The van der Waals surface area contributed by atoms with E-state index in [1.807, 2.05) is 13.8 Å². The molecule has 2 rings (SSSR count). The second kappa shape index (κ2) is 7.92. The first kappa shape index (κ1) is 18.6. The molecule has 0 aliphatic carbocycles. The van der Waals surface area contributed by atoms with Gasteiger partial charge in [-0.15, -0.1) is 0 Å². The molecule has 1 aliphatic rings. The fraction of sp³-hybridized carbons (Fsp3) is 0.389. The number of amidine groups is 1. The molecule has 1 aromatic rings. The van der Waals surface area contributed by atoms with E-state index in [1.54, 1.807) is 11.0 Å². The summed E-state index contributed by atoms with van der Waals surface area (Å²) in [4.78, 5) is 29.8. The minimum Gasteiger partial charge on any atom is -0.478 e. The fourth-order valence-corrected chi connectivity index (χ4v) is 2.78. The lowest BCUT2D eigenvalue weighted by Gasteiger charge is -2.22. The van der Waals surface area contributed by atoms with Crippen LogP contribution in [-0.4, -0.2) is 40.8 Å². The van der Waals surface area contributed by atoms with Crippen molar-refractivity contribution >= 4 is 29.5 Å². The Balaban J connectivity index is 2.47. The first-order chi connectivity index (χ1) is 11.9. The van der Waals surface area contributed by atoms with Gasteiger partial charge in [-0.25, -0.2) is 14.2 Å². The molecule has 7 heteroatoms. The molecular formula is C18H22FN3O3. The average molecular weight is 347 g/mol. The molecule has 0 fully saturated rings. The molecule has 6 nitrogen and oxygen atoms in total. The van der Waals surface area contributed by atoms with Crippen LogP contribution < -0.4 is 5.73 Å². The van der Waals surface area contributed by atoms with Gasteiger partial charge < -0.3 is 15.7 Å². The third kappa shape index (κ3) is 4.23. The number of amides is 1. The SMILES string of the molecule is CCCN(CCC)C(=O)C1=Cc2cc(F)c(C(=O)O)cc2N=C(N)C1. The van der Waals surface area contributed by atoms with Crippen molar-refractivity contribution in [3.63, 3.8) is 0 Å². The molecule has 0 bridgehead atoms. The summed E-state index contributed by atoms with van der Waals surface area (Å²) in [5, 5.41) is 9.04. The number of aliphatic imine (C=N–C) groups is 1. The number of carbonyl (C=O) groups is 2. The highest BCUT2D eigenvalue weighted by molar-refractivity contribution is 6.05. The predicted molar refractivity (Wildman–Crippen MR) is 94.4 cm³/mol. The lowest BCUT2D eigenvalue weighted by molar-refractivity contribution is -0.127. The minimum atomic E-state index is -1.38.